The number of imidazole rings is 1. The predicted molar refractivity (Wildman–Crippen MR) is 106 cm³/mol. The van der Waals surface area contributed by atoms with Crippen LogP contribution in [0.5, 0.6) is 0 Å². The van der Waals surface area contributed by atoms with Gasteiger partial charge >= 0.3 is 0 Å². The standard InChI is InChI=1S/C20H26N6/c1-20(2,3)17-13-18(22-14-21-17)25-9-11-26(12-10-25)19-23-15-7-5-6-8-16(15)24(19)4/h5-8,13-14H,9-12H2,1-4H3. The van der Waals surface area contributed by atoms with Gasteiger partial charge in [-0.3, -0.25) is 0 Å². The van der Waals surface area contributed by atoms with Gasteiger partial charge in [0, 0.05) is 44.7 Å². The van der Waals surface area contributed by atoms with Crippen molar-refractivity contribution in [3.8, 4) is 0 Å². The van der Waals surface area contributed by atoms with Gasteiger partial charge in [0.1, 0.15) is 12.1 Å². The molecule has 6 nitrogen and oxygen atoms in total. The minimum atomic E-state index is 0.0343. The summed E-state index contributed by atoms with van der Waals surface area (Å²) in [7, 11) is 2.09. The molecule has 2 aromatic heterocycles. The summed E-state index contributed by atoms with van der Waals surface area (Å²) in [5.74, 6) is 2.07. The topological polar surface area (TPSA) is 50.1 Å². The number of nitrogens with zero attached hydrogens (tertiary/aromatic N) is 6. The Bertz CT molecular complexity index is 915. The summed E-state index contributed by atoms with van der Waals surface area (Å²) in [6, 6.07) is 10.4. The van der Waals surface area contributed by atoms with Crippen LogP contribution in [0.15, 0.2) is 36.7 Å². The number of anilines is 2. The summed E-state index contributed by atoms with van der Waals surface area (Å²) in [6.45, 7) is 10.3. The summed E-state index contributed by atoms with van der Waals surface area (Å²) < 4.78 is 2.19. The van der Waals surface area contributed by atoms with E-state index in [4.69, 9.17) is 4.98 Å². The molecule has 0 aliphatic carbocycles. The van der Waals surface area contributed by atoms with Crippen molar-refractivity contribution < 1.29 is 0 Å². The Labute approximate surface area is 154 Å². The van der Waals surface area contributed by atoms with Gasteiger partial charge in [-0.1, -0.05) is 32.9 Å². The normalized spacial score (nSPS) is 15.7. The summed E-state index contributed by atoms with van der Waals surface area (Å²) in [4.78, 5) is 18.5. The molecular formula is C20H26N6. The van der Waals surface area contributed by atoms with Crippen molar-refractivity contribution in [2.45, 2.75) is 26.2 Å². The first-order chi connectivity index (χ1) is 12.4. The lowest BCUT2D eigenvalue weighted by atomic mass is 9.92. The molecule has 0 amide bonds. The van der Waals surface area contributed by atoms with Gasteiger partial charge in [0.05, 0.1) is 16.7 Å². The van der Waals surface area contributed by atoms with E-state index in [1.54, 1.807) is 6.33 Å². The monoisotopic (exact) mass is 350 g/mol. The molecule has 1 aliphatic heterocycles. The molecule has 4 rings (SSSR count). The number of aryl methyl sites for hydroxylation is 1. The fourth-order valence-electron chi connectivity index (χ4n) is 3.48. The zero-order chi connectivity index (χ0) is 18.3. The Kier molecular flexibility index (Phi) is 4.05. The first kappa shape index (κ1) is 16.8. The third-order valence-electron chi connectivity index (χ3n) is 5.07. The smallest absolute Gasteiger partial charge is 0.206 e. The minimum Gasteiger partial charge on any atom is -0.353 e. The van der Waals surface area contributed by atoms with Crippen LogP contribution >= 0.6 is 0 Å². The molecule has 0 radical (unpaired) electrons. The van der Waals surface area contributed by atoms with Crippen LogP contribution in [0.25, 0.3) is 11.0 Å². The molecule has 1 aromatic carbocycles. The number of rotatable bonds is 2. The lowest BCUT2D eigenvalue weighted by Gasteiger charge is -2.36. The molecule has 0 unspecified atom stereocenters. The van der Waals surface area contributed by atoms with E-state index in [0.717, 1.165) is 49.2 Å². The average molecular weight is 350 g/mol. The highest BCUT2D eigenvalue weighted by molar-refractivity contribution is 5.78. The van der Waals surface area contributed by atoms with Crippen molar-refractivity contribution in [3.63, 3.8) is 0 Å². The number of piperazine rings is 1. The zero-order valence-corrected chi connectivity index (χ0v) is 16.0. The quantitative estimate of drug-likeness (QED) is 0.711. The van der Waals surface area contributed by atoms with E-state index in [1.165, 1.54) is 5.52 Å². The number of para-hydroxylation sites is 2. The van der Waals surface area contributed by atoms with Crippen LogP contribution in [-0.4, -0.2) is 45.7 Å². The zero-order valence-electron chi connectivity index (χ0n) is 16.0. The maximum Gasteiger partial charge on any atom is 0.206 e. The fourth-order valence-corrected chi connectivity index (χ4v) is 3.48. The van der Waals surface area contributed by atoms with E-state index >= 15 is 0 Å². The largest absolute Gasteiger partial charge is 0.353 e. The van der Waals surface area contributed by atoms with E-state index < -0.39 is 0 Å². The lowest BCUT2D eigenvalue weighted by molar-refractivity contribution is 0.564. The van der Waals surface area contributed by atoms with Crippen molar-refractivity contribution in [1.29, 1.82) is 0 Å². The number of hydrogen-bond donors (Lipinski definition) is 0. The first-order valence-electron chi connectivity index (χ1n) is 9.17. The van der Waals surface area contributed by atoms with E-state index in [2.05, 4.69) is 76.4 Å². The first-order valence-corrected chi connectivity index (χ1v) is 9.17. The van der Waals surface area contributed by atoms with Crippen LogP contribution in [0.4, 0.5) is 11.8 Å². The Balaban J connectivity index is 1.51. The van der Waals surface area contributed by atoms with Gasteiger partial charge in [-0.2, -0.15) is 0 Å². The third-order valence-corrected chi connectivity index (χ3v) is 5.07. The number of fused-ring (bicyclic) bond motifs is 1. The van der Waals surface area contributed by atoms with Crippen LogP contribution < -0.4 is 9.80 Å². The molecule has 0 bridgehead atoms. The van der Waals surface area contributed by atoms with Crippen molar-refractivity contribution in [1.82, 2.24) is 19.5 Å². The van der Waals surface area contributed by atoms with Crippen molar-refractivity contribution in [3.05, 3.63) is 42.4 Å². The molecule has 1 aliphatic rings. The van der Waals surface area contributed by atoms with Crippen LogP contribution in [0, 0.1) is 0 Å². The molecule has 0 spiro atoms. The highest BCUT2D eigenvalue weighted by Gasteiger charge is 2.23. The summed E-state index contributed by atoms with van der Waals surface area (Å²) in [5.41, 5.74) is 3.35. The molecule has 0 atom stereocenters. The number of hydrogen-bond acceptors (Lipinski definition) is 5. The van der Waals surface area contributed by atoms with Crippen LogP contribution in [0.1, 0.15) is 26.5 Å². The minimum absolute atomic E-state index is 0.0343. The molecule has 6 heteroatoms. The second-order valence-corrected chi connectivity index (χ2v) is 7.95. The summed E-state index contributed by atoms with van der Waals surface area (Å²) in [5, 5.41) is 0. The van der Waals surface area contributed by atoms with Crippen molar-refractivity contribution >= 4 is 22.8 Å². The van der Waals surface area contributed by atoms with E-state index in [-0.39, 0.29) is 5.41 Å². The molecule has 0 saturated carbocycles. The second kappa shape index (κ2) is 6.27. The van der Waals surface area contributed by atoms with E-state index in [9.17, 15) is 0 Å². The van der Waals surface area contributed by atoms with Crippen LogP contribution in [0.2, 0.25) is 0 Å². The summed E-state index contributed by atoms with van der Waals surface area (Å²) in [6.07, 6.45) is 1.69. The maximum absolute atomic E-state index is 4.82. The molecule has 0 N–H and O–H groups in total. The molecule has 1 saturated heterocycles. The number of aromatic nitrogens is 4. The Morgan fingerprint density at radius 2 is 1.62 bits per heavy atom. The van der Waals surface area contributed by atoms with Gasteiger partial charge in [-0.15, -0.1) is 0 Å². The maximum atomic E-state index is 4.82. The van der Waals surface area contributed by atoms with Crippen LogP contribution in [0.3, 0.4) is 0 Å². The molecule has 136 valence electrons. The third kappa shape index (κ3) is 3.00. The van der Waals surface area contributed by atoms with E-state index in [0.29, 0.717) is 0 Å². The molecular weight excluding hydrogens is 324 g/mol. The lowest BCUT2D eigenvalue weighted by Crippen LogP contribution is -2.47. The molecule has 1 fully saturated rings. The van der Waals surface area contributed by atoms with Gasteiger partial charge in [0.2, 0.25) is 5.95 Å². The molecule has 3 heterocycles. The Hall–Kier alpha value is -2.63. The SMILES string of the molecule is Cn1c(N2CCN(c3cc(C(C)(C)C)ncn3)CC2)nc2ccccc21. The second-order valence-electron chi connectivity index (χ2n) is 7.95. The molecule has 26 heavy (non-hydrogen) atoms. The summed E-state index contributed by atoms with van der Waals surface area (Å²) >= 11 is 0. The Morgan fingerprint density at radius 3 is 2.31 bits per heavy atom. The fraction of sp³-hybridized carbons (Fsp3) is 0.450. The van der Waals surface area contributed by atoms with Gasteiger partial charge in [-0.05, 0) is 12.1 Å². The van der Waals surface area contributed by atoms with Gasteiger partial charge in [0.25, 0.3) is 0 Å². The van der Waals surface area contributed by atoms with Crippen molar-refractivity contribution in [2.75, 3.05) is 36.0 Å². The van der Waals surface area contributed by atoms with E-state index in [1.807, 2.05) is 6.07 Å². The van der Waals surface area contributed by atoms with Gasteiger partial charge in [-0.25, -0.2) is 15.0 Å². The van der Waals surface area contributed by atoms with Gasteiger partial charge < -0.3 is 14.4 Å². The number of benzene rings is 1. The average Bonchev–Trinajstić information content (AvgIpc) is 2.98. The van der Waals surface area contributed by atoms with Gasteiger partial charge in [0.15, 0.2) is 0 Å². The molecule has 3 aromatic rings. The highest BCUT2D eigenvalue weighted by atomic mass is 15.4. The highest BCUT2D eigenvalue weighted by Crippen LogP contribution is 2.25. The van der Waals surface area contributed by atoms with Crippen LogP contribution in [-0.2, 0) is 12.5 Å². The Morgan fingerprint density at radius 1 is 0.923 bits per heavy atom. The predicted octanol–water partition coefficient (Wildman–Crippen LogP) is 2.99. The van der Waals surface area contributed by atoms with Crippen molar-refractivity contribution in [2.24, 2.45) is 7.05 Å².